The van der Waals surface area contributed by atoms with Crippen LogP contribution >= 0.6 is 39.7 Å². The second kappa shape index (κ2) is 9.21. The molecule has 34 heavy (non-hydrogen) atoms. The summed E-state index contributed by atoms with van der Waals surface area (Å²) in [5, 5.41) is 13.7. The maximum atomic E-state index is 11.5. The van der Waals surface area contributed by atoms with Crippen molar-refractivity contribution in [1.29, 1.82) is 0 Å². The van der Waals surface area contributed by atoms with Gasteiger partial charge in [-0.2, -0.15) is 0 Å². The Morgan fingerprint density at radius 2 is 1.91 bits per heavy atom. The summed E-state index contributed by atoms with van der Waals surface area (Å²) in [4.78, 5) is 18.0. The third kappa shape index (κ3) is 4.20. The minimum atomic E-state index is -1.04. The van der Waals surface area contributed by atoms with E-state index in [9.17, 15) is 9.90 Å². The number of aromatic nitrogens is 1. The first-order chi connectivity index (χ1) is 16.4. The van der Waals surface area contributed by atoms with Crippen molar-refractivity contribution >= 4 is 56.5 Å². The first-order valence-electron chi connectivity index (χ1n) is 10.3. The van der Waals surface area contributed by atoms with Gasteiger partial charge in [0.2, 0.25) is 0 Å². The van der Waals surface area contributed by atoms with Crippen molar-refractivity contribution < 1.29 is 14.3 Å². The van der Waals surface area contributed by atoms with Crippen LogP contribution in [-0.2, 0) is 0 Å². The fourth-order valence-corrected chi connectivity index (χ4v) is 4.85. The molecule has 9 heteroatoms. The normalized spacial score (nSPS) is 17.6. The first-order valence-corrected chi connectivity index (χ1v) is 11.9. The standard InChI is InChI=1S/C25H17BrClN3O3S/c26-15-5-7-16(8-6-15)30-23(22(29-25(30)34)19-3-1-2-12-28-19)21-11-10-20(33-21)17-13-14(24(31)32)4-9-18(17)27/h1-13,22-23H,(H,29,34)(H,31,32)/t22-,23-/m1/s1. The minimum Gasteiger partial charge on any atom is -0.478 e. The van der Waals surface area contributed by atoms with Crippen LogP contribution in [0.25, 0.3) is 11.3 Å². The molecule has 170 valence electrons. The van der Waals surface area contributed by atoms with Gasteiger partial charge in [-0.05, 0) is 78.9 Å². The highest BCUT2D eigenvalue weighted by Crippen LogP contribution is 2.43. The number of furan rings is 1. The Labute approximate surface area is 214 Å². The van der Waals surface area contributed by atoms with E-state index in [1.54, 1.807) is 18.3 Å². The lowest BCUT2D eigenvalue weighted by Crippen LogP contribution is -2.29. The van der Waals surface area contributed by atoms with Crippen LogP contribution in [0, 0.1) is 0 Å². The molecule has 0 aliphatic carbocycles. The molecule has 1 fully saturated rings. The summed E-state index contributed by atoms with van der Waals surface area (Å²) in [7, 11) is 0. The van der Waals surface area contributed by atoms with Crippen molar-refractivity contribution in [3.8, 4) is 11.3 Å². The molecule has 2 aromatic heterocycles. The maximum Gasteiger partial charge on any atom is 0.335 e. The molecule has 5 rings (SSSR count). The van der Waals surface area contributed by atoms with Gasteiger partial charge < -0.3 is 19.7 Å². The zero-order chi connectivity index (χ0) is 23.8. The predicted molar refractivity (Wildman–Crippen MR) is 138 cm³/mol. The van der Waals surface area contributed by atoms with Crippen LogP contribution < -0.4 is 10.2 Å². The van der Waals surface area contributed by atoms with E-state index in [4.69, 9.17) is 28.2 Å². The van der Waals surface area contributed by atoms with Crippen molar-refractivity contribution in [3.05, 3.63) is 106 Å². The van der Waals surface area contributed by atoms with Crippen LogP contribution in [0.5, 0.6) is 0 Å². The molecule has 0 bridgehead atoms. The number of nitrogens with zero attached hydrogens (tertiary/aromatic N) is 2. The minimum absolute atomic E-state index is 0.129. The number of carboxylic acids is 1. The number of carbonyl (C=O) groups is 1. The molecule has 4 aromatic rings. The summed E-state index contributed by atoms with van der Waals surface area (Å²) >= 11 is 15.6. The SMILES string of the molecule is O=C(O)c1ccc(Cl)c(-c2ccc([C@@H]3[C@@H](c4ccccn4)NC(=S)N3c3ccc(Br)cc3)o2)c1. The van der Waals surface area contributed by atoms with Crippen LogP contribution in [0.15, 0.2) is 87.9 Å². The van der Waals surface area contributed by atoms with Crippen molar-refractivity contribution in [2.45, 2.75) is 12.1 Å². The Hall–Kier alpha value is -3.20. The highest BCUT2D eigenvalue weighted by Gasteiger charge is 2.42. The summed E-state index contributed by atoms with van der Waals surface area (Å²) in [5.41, 5.74) is 2.35. The van der Waals surface area contributed by atoms with Crippen LogP contribution in [-0.4, -0.2) is 21.2 Å². The van der Waals surface area contributed by atoms with Crippen LogP contribution in [0.1, 0.15) is 33.9 Å². The van der Waals surface area contributed by atoms with Gasteiger partial charge in [0.1, 0.15) is 17.6 Å². The number of rotatable bonds is 5. The summed E-state index contributed by atoms with van der Waals surface area (Å²) in [6.07, 6.45) is 1.74. The Morgan fingerprint density at radius 1 is 1.12 bits per heavy atom. The highest BCUT2D eigenvalue weighted by molar-refractivity contribution is 9.10. The Bertz CT molecular complexity index is 1380. The van der Waals surface area contributed by atoms with E-state index in [2.05, 4.69) is 26.2 Å². The number of thiocarbonyl (C=S) groups is 1. The van der Waals surface area contributed by atoms with Crippen molar-refractivity contribution in [2.75, 3.05) is 4.90 Å². The number of pyridine rings is 1. The molecule has 0 radical (unpaired) electrons. The molecular weight excluding hydrogens is 538 g/mol. The molecule has 2 atom stereocenters. The maximum absolute atomic E-state index is 11.5. The molecule has 6 nitrogen and oxygen atoms in total. The number of halogens is 2. The van der Waals surface area contributed by atoms with Crippen molar-refractivity contribution in [2.24, 2.45) is 0 Å². The average molecular weight is 555 g/mol. The number of nitrogens with one attached hydrogen (secondary N) is 1. The average Bonchev–Trinajstić information content (AvgIpc) is 3.45. The third-order valence-electron chi connectivity index (χ3n) is 5.60. The van der Waals surface area contributed by atoms with E-state index >= 15 is 0 Å². The fourth-order valence-electron chi connectivity index (χ4n) is 4.03. The molecule has 0 spiro atoms. The lowest BCUT2D eigenvalue weighted by atomic mass is 10.0. The summed E-state index contributed by atoms with van der Waals surface area (Å²) in [6, 6.07) is 21.2. The van der Waals surface area contributed by atoms with E-state index in [0.717, 1.165) is 15.9 Å². The van der Waals surface area contributed by atoms with Crippen LogP contribution in [0.4, 0.5) is 5.69 Å². The largest absolute Gasteiger partial charge is 0.478 e. The Kier molecular flexibility index (Phi) is 6.12. The van der Waals surface area contributed by atoms with E-state index in [1.165, 1.54) is 12.1 Å². The molecule has 1 aliphatic heterocycles. The van der Waals surface area contributed by atoms with Gasteiger partial charge >= 0.3 is 5.97 Å². The molecule has 0 amide bonds. The molecule has 0 unspecified atom stereocenters. The molecular formula is C25H17BrClN3O3S. The Morgan fingerprint density at radius 3 is 2.62 bits per heavy atom. The van der Waals surface area contributed by atoms with Gasteiger partial charge in [0, 0.05) is 21.9 Å². The van der Waals surface area contributed by atoms with Crippen LogP contribution in [0.2, 0.25) is 5.02 Å². The molecule has 2 N–H and O–H groups in total. The Balaban J connectivity index is 1.61. The monoisotopic (exact) mass is 553 g/mol. The number of benzene rings is 2. The number of anilines is 1. The lowest BCUT2D eigenvalue weighted by molar-refractivity contribution is 0.0697. The number of hydrogen-bond acceptors (Lipinski definition) is 4. The van der Waals surface area contributed by atoms with E-state index in [1.807, 2.05) is 53.4 Å². The zero-order valence-corrected chi connectivity index (χ0v) is 20.6. The van der Waals surface area contributed by atoms with Gasteiger partial charge in [0.05, 0.1) is 22.3 Å². The zero-order valence-electron chi connectivity index (χ0n) is 17.5. The second-order valence-corrected chi connectivity index (χ2v) is 9.38. The molecule has 1 aliphatic rings. The van der Waals surface area contributed by atoms with E-state index in [-0.39, 0.29) is 17.6 Å². The highest BCUT2D eigenvalue weighted by atomic mass is 79.9. The van der Waals surface area contributed by atoms with Gasteiger partial charge in [-0.25, -0.2) is 4.79 Å². The van der Waals surface area contributed by atoms with Crippen molar-refractivity contribution in [3.63, 3.8) is 0 Å². The molecule has 2 aromatic carbocycles. The molecule has 1 saturated heterocycles. The second-order valence-electron chi connectivity index (χ2n) is 7.67. The summed E-state index contributed by atoms with van der Waals surface area (Å²) < 4.78 is 7.25. The van der Waals surface area contributed by atoms with Crippen LogP contribution in [0.3, 0.4) is 0 Å². The third-order valence-corrected chi connectivity index (χ3v) is 6.77. The number of aromatic carboxylic acids is 1. The summed E-state index contributed by atoms with van der Waals surface area (Å²) in [6.45, 7) is 0. The first kappa shape index (κ1) is 22.6. The molecule has 3 heterocycles. The van der Waals surface area contributed by atoms with Gasteiger partial charge in [0.15, 0.2) is 5.11 Å². The smallest absolute Gasteiger partial charge is 0.335 e. The van der Waals surface area contributed by atoms with Gasteiger partial charge in [-0.15, -0.1) is 0 Å². The number of carboxylic acid groups (broad SMARTS) is 1. The summed E-state index contributed by atoms with van der Waals surface area (Å²) in [5.74, 6) is 0.0702. The van der Waals surface area contributed by atoms with E-state index in [0.29, 0.717) is 27.2 Å². The van der Waals surface area contributed by atoms with E-state index < -0.39 is 5.97 Å². The quantitative estimate of drug-likeness (QED) is 0.268. The number of hydrogen-bond donors (Lipinski definition) is 2. The molecule has 0 saturated carbocycles. The lowest BCUT2D eigenvalue weighted by Gasteiger charge is -2.26. The van der Waals surface area contributed by atoms with Gasteiger partial charge in [0.25, 0.3) is 0 Å². The van der Waals surface area contributed by atoms with Gasteiger partial charge in [-0.3, -0.25) is 4.98 Å². The predicted octanol–water partition coefficient (Wildman–Crippen LogP) is 6.63. The topological polar surface area (TPSA) is 78.6 Å². The fraction of sp³-hybridized carbons (Fsp3) is 0.0800. The van der Waals surface area contributed by atoms with Crippen molar-refractivity contribution in [1.82, 2.24) is 10.3 Å². The van der Waals surface area contributed by atoms with Gasteiger partial charge in [-0.1, -0.05) is 33.6 Å².